The minimum absolute atomic E-state index is 0.524. The first kappa shape index (κ1) is 12.4. The summed E-state index contributed by atoms with van der Waals surface area (Å²) in [6.45, 7) is 7.76. The van der Waals surface area contributed by atoms with Crippen LogP contribution < -0.4 is 0 Å². The molecular weight excluding hydrogens is 236 g/mol. The van der Waals surface area contributed by atoms with Crippen molar-refractivity contribution in [1.82, 2.24) is 0 Å². The van der Waals surface area contributed by atoms with Crippen LogP contribution in [0.1, 0.15) is 27.2 Å². The Bertz CT molecular complexity index is 333. The highest BCUT2D eigenvalue weighted by molar-refractivity contribution is 8.22. The largest absolute Gasteiger partial charge is 0.478 e. The summed E-state index contributed by atoms with van der Waals surface area (Å²) in [6.07, 6.45) is 5.70. The van der Waals surface area contributed by atoms with Crippen molar-refractivity contribution in [2.45, 2.75) is 27.2 Å². The molecular formula is C13H20OS2. The van der Waals surface area contributed by atoms with E-state index in [0.29, 0.717) is 15.7 Å². The molecule has 2 aliphatic carbocycles. The minimum Gasteiger partial charge on any atom is -0.478 e. The van der Waals surface area contributed by atoms with E-state index < -0.39 is 0 Å². The number of ether oxygens (including phenoxy) is 1. The zero-order valence-corrected chi connectivity index (χ0v) is 12.1. The third kappa shape index (κ3) is 2.17. The molecule has 0 unspecified atom stereocenters. The van der Waals surface area contributed by atoms with E-state index in [1.807, 2.05) is 6.26 Å². The van der Waals surface area contributed by atoms with Gasteiger partial charge >= 0.3 is 0 Å². The van der Waals surface area contributed by atoms with Crippen molar-refractivity contribution in [3.63, 3.8) is 0 Å². The lowest BCUT2D eigenvalue weighted by atomic mass is 9.89. The Morgan fingerprint density at radius 3 is 2.94 bits per heavy atom. The molecule has 0 N–H and O–H groups in total. The van der Waals surface area contributed by atoms with Crippen LogP contribution in [0.25, 0.3) is 0 Å². The van der Waals surface area contributed by atoms with E-state index in [0.717, 1.165) is 18.4 Å². The number of fused-ring (bicyclic) bond motifs is 1. The maximum Gasteiger partial charge on any atom is 0.219 e. The van der Waals surface area contributed by atoms with E-state index in [9.17, 15) is 0 Å². The van der Waals surface area contributed by atoms with Gasteiger partial charge in [0, 0.05) is 5.92 Å². The molecule has 0 spiro atoms. The average molecular weight is 256 g/mol. The lowest BCUT2D eigenvalue weighted by molar-refractivity contribution is 0.249. The van der Waals surface area contributed by atoms with Gasteiger partial charge in [-0.1, -0.05) is 37.3 Å². The maximum atomic E-state index is 5.59. The minimum atomic E-state index is 0.524. The third-order valence-corrected chi connectivity index (χ3v) is 5.40. The first-order valence-electron chi connectivity index (χ1n) is 5.86. The van der Waals surface area contributed by atoms with E-state index in [1.54, 1.807) is 0 Å². The van der Waals surface area contributed by atoms with E-state index in [-0.39, 0.29) is 0 Å². The van der Waals surface area contributed by atoms with Gasteiger partial charge in [0.05, 0.1) is 6.61 Å². The van der Waals surface area contributed by atoms with Crippen molar-refractivity contribution in [1.29, 1.82) is 0 Å². The summed E-state index contributed by atoms with van der Waals surface area (Å²) < 4.78 is 6.26. The van der Waals surface area contributed by atoms with Crippen molar-refractivity contribution in [3.05, 3.63) is 11.6 Å². The van der Waals surface area contributed by atoms with Crippen molar-refractivity contribution in [2.24, 2.45) is 23.2 Å². The predicted octanol–water partition coefficient (Wildman–Crippen LogP) is 3.89. The van der Waals surface area contributed by atoms with Crippen LogP contribution in [0, 0.1) is 23.2 Å². The lowest BCUT2D eigenvalue weighted by Crippen LogP contribution is -2.16. The summed E-state index contributed by atoms with van der Waals surface area (Å²) in [5.41, 5.74) is 2.02. The van der Waals surface area contributed by atoms with Gasteiger partial charge in [-0.15, -0.1) is 0 Å². The number of allylic oxidation sites excluding steroid dienone is 1. The SMILES string of the molecule is CSC(=S)OC[C@@H]1C[C@@H]2[C@H](C=C1C)C2(C)C. The van der Waals surface area contributed by atoms with Gasteiger partial charge in [0.1, 0.15) is 0 Å². The molecule has 0 aromatic heterocycles. The molecule has 0 aromatic carbocycles. The number of hydrogen-bond donors (Lipinski definition) is 0. The van der Waals surface area contributed by atoms with E-state index in [2.05, 4.69) is 26.8 Å². The molecule has 2 aliphatic rings. The van der Waals surface area contributed by atoms with E-state index in [4.69, 9.17) is 17.0 Å². The van der Waals surface area contributed by atoms with Crippen LogP contribution in [0.2, 0.25) is 0 Å². The molecule has 3 heteroatoms. The third-order valence-electron chi connectivity index (χ3n) is 4.33. The monoisotopic (exact) mass is 256 g/mol. The summed E-state index contributed by atoms with van der Waals surface area (Å²) >= 11 is 6.58. The first-order valence-corrected chi connectivity index (χ1v) is 7.49. The molecule has 0 heterocycles. The Morgan fingerprint density at radius 2 is 2.31 bits per heavy atom. The summed E-state index contributed by atoms with van der Waals surface area (Å²) in [5.74, 6) is 2.26. The Labute approximate surface area is 108 Å². The van der Waals surface area contributed by atoms with Gasteiger partial charge in [0.25, 0.3) is 0 Å². The Kier molecular flexibility index (Phi) is 3.37. The molecule has 90 valence electrons. The molecule has 3 atom stereocenters. The van der Waals surface area contributed by atoms with Crippen LogP contribution in [0.4, 0.5) is 0 Å². The zero-order valence-electron chi connectivity index (χ0n) is 10.4. The number of hydrogen-bond acceptors (Lipinski definition) is 3. The van der Waals surface area contributed by atoms with Crippen molar-refractivity contribution < 1.29 is 4.74 Å². The molecule has 1 fully saturated rings. The van der Waals surface area contributed by atoms with Crippen molar-refractivity contribution in [2.75, 3.05) is 12.9 Å². The average Bonchev–Trinajstić information content (AvgIpc) is 2.76. The fourth-order valence-electron chi connectivity index (χ4n) is 2.91. The fraction of sp³-hybridized carbons (Fsp3) is 0.769. The van der Waals surface area contributed by atoms with Crippen molar-refractivity contribution in [3.8, 4) is 0 Å². The fourth-order valence-corrected chi connectivity index (χ4v) is 3.16. The smallest absolute Gasteiger partial charge is 0.219 e. The quantitative estimate of drug-likeness (QED) is 0.548. The highest BCUT2D eigenvalue weighted by Crippen LogP contribution is 2.64. The zero-order chi connectivity index (χ0) is 11.9. The van der Waals surface area contributed by atoms with Gasteiger partial charge in [-0.2, -0.15) is 0 Å². The van der Waals surface area contributed by atoms with Crippen LogP contribution in [0.15, 0.2) is 11.6 Å². The summed E-state index contributed by atoms with van der Waals surface area (Å²) in [7, 11) is 0. The second-order valence-electron chi connectivity index (χ2n) is 5.56. The van der Waals surface area contributed by atoms with Crippen LogP contribution in [0.5, 0.6) is 0 Å². The first-order chi connectivity index (χ1) is 7.46. The summed E-state index contributed by atoms with van der Waals surface area (Å²) in [5, 5.41) is 0. The highest BCUT2D eigenvalue weighted by Gasteiger charge is 2.58. The molecule has 1 saturated carbocycles. The van der Waals surface area contributed by atoms with Gasteiger partial charge in [0.2, 0.25) is 4.38 Å². The molecule has 0 radical (unpaired) electrons. The van der Waals surface area contributed by atoms with Gasteiger partial charge in [0.15, 0.2) is 0 Å². The number of thiocarbonyl (C=S) groups is 1. The molecule has 0 aromatic rings. The molecule has 16 heavy (non-hydrogen) atoms. The van der Waals surface area contributed by atoms with Gasteiger partial charge in [-0.25, -0.2) is 0 Å². The Balaban J connectivity index is 1.92. The van der Waals surface area contributed by atoms with Crippen molar-refractivity contribution >= 4 is 28.4 Å². The topological polar surface area (TPSA) is 9.23 Å². The highest BCUT2D eigenvalue weighted by atomic mass is 32.2. The van der Waals surface area contributed by atoms with Gasteiger partial charge in [-0.3, -0.25) is 0 Å². The molecule has 2 rings (SSSR count). The molecule has 0 aliphatic heterocycles. The normalized spacial score (nSPS) is 35.0. The predicted molar refractivity (Wildman–Crippen MR) is 74.7 cm³/mol. The molecule has 0 saturated heterocycles. The second-order valence-corrected chi connectivity index (χ2v) is 6.97. The molecule has 0 bridgehead atoms. The molecule has 1 nitrogen and oxygen atoms in total. The summed E-state index contributed by atoms with van der Waals surface area (Å²) in [6, 6.07) is 0. The lowest BCUT2D eigenvalue weighted by Gasteiger charge is -2.21. The summed E-state index contributed by atoms with van der Waals surface area (Å²) in [4.78, 5) is 0. The Morgan fingerprint density at radius 1 is 1.62 bits per heavy atom. The Hall–Kier alpha value is -0.0200. The van der Waals surface area contributed by atoms with Gasteiger partial charge < -0.3 is 4.74 Å². The molecule has 0 amide bonds. The second kappa shape index (κ2) is 4.34. The van der Waals surface area contributed by atoms with Crippen LogP contribution in [-0.4, -0.2) is 17.2 Å². The van der Waals surface area contributed by atoms with Crippen LogP contribution in [0.3, 0.4) is 0 Å². The van der Waals surface area contributed by atoms with E-state index >= 15 is 0 Å². The standard InChI is InChI=1S/C13H20OS2/c1-8-5-10-11(13(10,2)3)6-9(8)7-14-12(15)16-4/h5,9-11H,6-7H2,1-4H3/t9-,10-,11+/m0/s1. The maximum absolute atomic E-state index is 5.59. The number of rotatable bonds is 2. The van der Waals surface area contributed by atoms with Gasteiger partial charge in [-0.05, 0) is 49.1 Å². The van der Waals surface area contributed by atoms with Crippen LogP contribution >= 0.6 is 24.0 Å². The number of thioether (sulfide) groups is 1. The van der Waals surface area contributed by atoms with Crippen LogP contribution in [-0.2, 0) is 4.74 Å². The van der Waals surface area contributed by atoms with E-state index in [1.165, 1.54) is 23.8 Å².